The predicted octanol–water partition coefficient (Wildman–Crippen LogP) is 8.17. The summed E-state index contributed by atoms with van der Waals surface area (Å²) in [6.07, 6.45) is 8.77. The summed E-state index contributed by atoms with van der Waals surface area (Å²) in [6.45, 7) is 14.2. The summed E-state index contributed by atoms with van der Waals surface area (Å²) in [5, 5.41) is 26.8. The van der Waals surface area contributed by atoms with E-state index in [4.69, 9.17) is 23.9 Å². The number of nitrogens with one attached hydrogen (secondary N) is 3. The lowest BCUT2D eigenvalue weighted by molar-refractivity contribution is -0.384. The second kappa shape index (κ2) is 22.4. The van der Waals surface area contributed by atoms with Gasteiger partial charge in [0.15, 0.2) is 0 Å². The Balaban J connectivity index is 0.862. The molecule has 1 aliphatic carbocycles. The summed E-state index contributed by atoms with van der Waals surface area (Å²) < 4.78 is 55.4. The van der Waals surface area contributed by atoms with Gasteiger partial charge in [0.25, 0.3) is 21.6 Å². The fourth-order valence-corrected chi connectivity index (χ4v) is 13.6. The van der Waals surface area contributed by atoms with Gasteiger partial charge in [0.05, 0.1) is 51.5 Å². The van der Waals surface area contributed by atoms with Crippen LogP contribution in [0, 0.1) is 22.0 Å². The molecule has 5 aromatic rings. The molecule has 3 atom stereocenters. The number of fused-ring (bicyclic) bond motifs is 3. The number of para-hydroxylation sites is 1. The Morgan fingerprint density at radius 3 is 2.48 bits per heavy atom. The van der Waals surface area contributed by atoms with Crippen LogP contribution in [-0.2, 0) is 19.5 Å². The number of H-pyrrole nitrogens is 1. The van der Waals surface area contributed by atoms with Gasteiger partial charge in [-0.2, -0.15) is 4.98 Å². The quantitative estimate of drug-likeness (QED) is 0.0574. The van der Waals surface area contributed by atoms with E-state index in [9.17, 15) is 28.4 Å². The predicted molar refractivity (Wildman–Crippen MR) is 294 cm³/mol. The average Bonchev–Trinajstić information content (AvgIpc) is 3.92. The number of rotatable bonds is 15. The molecule has 4 N–H and O–H groups in total. The number of nitrogens with zero attached hydrogens (tertiary/aromatic N) is 6. The van der Waals surface area contributed by atoms with Crippen molar-refractivity contribution in [2.75, 3.05) is 87.4 Å². The van der Waals surface area contributed by atoms with Crippen LogP contribution in [0.2, 0.25) is 0 Å². The molecule has 5 aliphatic heterocycles. The van der Waals surface area contributed by atoms with Gasteiger partial charge in [0.2, 0.25) is 5.88 Å². The number of nitro benzene ring substituents is 1. The molecule has 11 rings (SSSR count). The molecule has 20 heteroatoms. The highest BCUT2D eigenvalue weighted by molar-refractivity contribution is 7.90. The summed E-state index contributed by atoms with van der Waals surface area (Å²) in [5.41, 5.74) is 3.02. The molecule has 77 heavy (non-hydrogen) atoms. The van der Waals surface area contributed by atoms with Gasteiger partial charge in [-0.15, -0.1) is 0 Å². The molecule has 1 amide bonds. The minimum atomic E-state index is -4.64. The highest BCUT2D eigenvalue weighted by Gasteiger charge is 2.43. The van der Waals surface area contributed by atoms with Crippen LogP contribution < -0.4 is 29.3 Å². The SMILES string of the molecule is CC(C)Oc1ccccc1[C@@H]1CN(C2CCOCC2)CCN1CC1CCN(c2ccc(C(=O)NS(=O)(=O)c3ccc(NC[C@H]4CC[C@](C)(O)CC4)c([N+](=O)[O-])c3)c(N3c4cc5cc[nH]c5nc4O[C@H]4COCC[C@@H]43)c2)CC1. The van der Waals surface area contributed by atoms with Gasteiger partial charge < -0.3 is 44.2 Å². The standard InChI is InChI=1S/C57H73N9O10S/c1-37(2)75-52-7-5-4-6-44(52)51-35-63(41-17-27-73-28-18-41)25-26-64(51)34-39-15-23-62(24-16-39)42-8-10-45(48(31-42)65-47-19-29-74-36-53(47)76-56-50(65)30-40-14-22-58-54(40)60-56)55(67)61-77(71,72)43-9-11-46(49(32-43)66(69)70)59-33-38-12-20-57(3,68)21-13-38/h4-11,14,22,30-32,37-39,41,47,51,53,59,68H,12-13,15-21,23-29,33-36H2,1-3H3,(H,58,60)(H,61,67)/t38-,47-,51-,53-,57-/m0/s1. The zero-order chi connectivity index (χ0) is 53.4. The van der Waals surface area contributed by atoms with Crippen molar-refractivity contribution < 1.29 is 42.2 Å². The van der Waals surface area contributed by atoms with E-state index in [1.165, 1.54) is 17.7 Å². The van der Waals surface area contributed by atoms with Crippen molar-refractivity contribution in [1.29, 1.82) is 0 Å². The number of benzene rings is 3. The summed E-state index contributed by atoms with van der Waals surface area (Å²) in [7, 11) is -4.64. The molecule has 6 aliphatic rings. The lowest BCUT2D eigenvalue weighted by atomic mass is 9.80. The normalized spacial score (nSPS) is 25.0. The molecule has 0 radical (unpaired) electrons. The number of aromatic amines is 1. The first-order chi connectivity index (χ1) is 37.2. The summed E-state index contributed by atoms with van der Waals surface area (Å²) in [5.74, 6) is 1.05. The Bertz CT molecular complexity index is 3040. The number of amides is 1. The van der Waals surface area contributed by atoms with Gasteiger partial charge in [-0.1, -0.05) is 18.2 Å². The zero-order valence-corrected chi connectivity index (χ0v) is 45.2. The number of anilines is 4. The number of carbonyl (C=O) groups excluding carboxylic acids is 1. The first kappa shape index (κ1) is 53.0. The van der Waals surface area contributed by atoms with E-state index < -0.39 is 43.1 Å². The van der Waals surface area contributed by atoms with Crippen molar-refractivity contribution >= 4 is 55.4 Å². The number of nitro groups is 1. The molecule has 412 valence electrons. The fourth-order valence-electron chi connectivity index (χ4n) is 12.6. The lowest BCUT2D eigenvalue weighted by Gasteiger charge is -2.47. The maximum absolute atomic E-state index is 14.8. The van der Waals surface area contributed by atoms with Crippen molar-refractivity contribution in [1.82, 2.24) is 24.5 Å². The zero-order valence-electron chi connectivity index (χ0n) is 44.4. The van der Waals surface area contributed by atoms with Crippen molar-refractivity contribution in [3.63, 3.8) is 0 Å². The van der Waals surface area contributed by atoms with E-state index in [2.05, 4.69) is 72.7 Å². The van der Waals surface area contributed by atoms with E-state index in [0.29, 0.717) is 73.9 Å². The van der Waals surface area contributed by atoms with E-state index in [-0.39, 0.29) is 35.4 Å². The Kier molecular flexibility index (Phi) is 15.4. The van der Waals surface area contributed by atoms with Crippen molar-refractivity contribution in [2.24, 2.45) is 11.8 Å². The van der Waals surface area contributed by atoms with Crippen LogP contribution in [0.5, 0.6) is 11.6 Å². The summed E-state index contributed by atoms with van der Waals surface area (Å²) >= 11 is 0. The van der Waals surface area contributed by atoms with Gasteiger partial charge in [-0.3, -0.25) is 24.7 Å². The second-order valence-electron chi connectivity index (χ2n) is 22.6. The van der Waals surface area contributed by atoms with Gasteiger partial charge >= 0.3 is 0 Å². The number of sulfonamides is 1. The molecular formula is C57H73N9O10S. The molecular weight excluding hydrogens is 1000 g/mol. The molecule has 19 nitrogen and oxygen atoms in total. The van der Waals surface area contributed by atoms with Crippen LogP contribution in [0.15, 0.2) is 83.9 Å². The van der Waals surface area contributed by atoms with Crippen LogP contribution in [-0.4, -0.2) is 146 Å². The third kappa shape index (κ3) is 11.6. The van der Waals surface area contributed by atoms with Crippen LogP contribution in [0.25, 0.3) is 11.0 Å². The summed E-state index contributed by atoms with van der Waals surface area (Å²) in [6, 6.07) is 22.0. The first-order valence-electron chi connectivity index (χ1n) is 27.7. The third-order valence-corrected chi connectivity index (χ3v) is 18.2. The molecule has 7 heterocycles. The summed E-state index contributed by atoms with van der Waals surface area (Å²) in [4.78, 5) is 44.0. The molecule has 1 saturated carbocycles. The van der Waals surface area contributed by atoms with Crippen LogP contribution in [0.4, 0.5) is 28.4 Å². The second-order valence-corrected chi connectivity index (χ2v) is 24.2. The topological polar surface area (TPSA) is 217 Å². The molecule has 3 aromatic carbocycles. The Morgan fingerprint density at radius 2 is 1.70 bits per heavy atom. The van der Waals surface area contributed by atoms with E-state index in [1.54, 1.807) is 12.3 Å². The van der Waals surface area contributed by atoms with E-state index in [0.717, 1.165) is 114 Å². The number of hydrogen-bond donors (Lipinski definition) is 4. The maximum Gasteiger partial charge on any atom is 0.293 e. The number of carbonyl (C=O) groups is 1. The highest BCUT2D eigenvalue weighted by Crippen LogP contribution is 2.46. The monoisotopic (exact) mass is 1080 g/mol. The van der Waals surface area contributed by atoms with Crippen molar-refractivity contribution in [2.45, 2.75) is 119 Å². The Hall–Kier alpha value is -6.03. The number of hydrogen-bond acceptors (Lipinski definition) is 16. The number of aliphatic hydroxyl groups is 1. The number of aromatic nitrogens is 2. The molecule has 0 unspecified atom stereocenters. The van der Waals surface area contributed by atoms with Gasteiger partial charge in [0.1, 0.15) is 28.9 Å². The number of ether oxygens (including phenoxy) is 4. The Morgan fingerprint density at radius 1 is 0.922 bits per heavy atom. The molecule has 5 fully saturated rings. The van der Waals surface area contributed by atoms with Crippen molar-refractivity contribution in [3.05, 3.63) is 100 Å². The largest absolute Gasteiger partial charge is 0.491 e. The minimum absolute atomic E-state index is 0.0554. The Labute approximate surface area is 450 Å². The van der Waals surface area contributed by atoms with Crippen LogP contribution >= 0.6 is 0 Å². The van der Waals surface area contributed by atoms with E-state index in [1.807, 2.05) is 31.2 Å². The smallest absolute Gasteiger partial charge is 0.293 e. The van der Waals surface area contributed by atoms with Crippen LogP contribution in [0.1, 0.15) is 101 Å². The lowest BCUT2D eigenvalue weighted by Crippen LogP contribution is -2.54. The first-order valence-corrected chi connectivity index (χ1v) is 29.2. The number of piperidine rings is 1. The molecule has 4 saturated heterocycles. The molecule has 0 spiro atoms. The number of piperazine rings is 1. The van der Waals surface area contributed by atoms with Gasteiger partial charge in [0, 0.05) is 101 Å². The van der Waals surface area contributed by atoms with Gasteiger partial charge in [-0.05, 0) is 139 Å². The number of pyridine rings is 1. The third-order valence-electron chi connectivity index (χ3n) is 16.9. The molecule has 2 aromatic heterocycles. The fraction of sp³-hybridized carbons (Fsp3) is 0.544. The highest BCUT2D eigenvalue weighted by atomic mass is 32.2. The minimum Gasteiger partial charge on any atom is -0.491 e. The van der Waals surface area contributed by atoms with Gasteiger partial charge in [-0.25, -0.2) is 13.1 Å². The van der Waals surface area contributed by atoms with Crippen LogP contribution in [0.3, 0.4) is 0 Å². The van der Waals surface area contributed by atoms with E-state index >= 15 is 0 Å². The average molecular weight is 1080 g/mol. The maximum atomic E-state index is 14.8. The molecule has 0 bridgehead atoms. The van der Waals surface area contributed by atoms with Crippen molar-refractivity contribution in [3.8, 4) is 11.6 Å².